The molecule has 0 bridgehead atoms. The highest BCUT2D eigenvalue weighted by molar-refractivity contribution is 6.03. The highest BCUT2D eigenvalue weighted by atomic mass is 16.6. The van der Waals surface area contributed by atoms with Gasteiger partial charge < -0.3 is 14.6 Å². The molecule has 0 radical (unpaired) electrons. The topological polar surface area (TPSA) is 76.1 Å². The molecule has 0 aromatic carbocycles. The molecule has 1 saturated heterocycles. The molecule has 8 unspecified atom stereocenters. The molecule has 33 heavy (non-hydrogen) atoms. The van der Waals surface area contributed by atoms with Crippen molar-refractivity contribution >= 4 is 11.8 Å². The molecular weight excluding hydrogens is 416 g/mol. The van der Waals surface area contributed by atoms with Crippen molar-refractivity contribution in [3.05, 3.63) is 11.6 Å². The Hall–Kier alpha value is -1.20. The normalized spacial score (nSPS) is 43.0. The van der Waals surface area contributed by atoms with Crippen molar-refractivity contribution in [1.29, 1.82) is 0 Å². The average Bonchev–Trinajstić information content (AvgIpc) is 3.33. The maximum Gasteiger partial charge on any atom is 0.302 e. The molecule has 1 aliphatic heterocycles. The zero-order valence-electron chi connectivity index (χ0n) is 21.5. The van der Waals surface area contributed by atoms with E-state index < -0.39 is 11.0 Å². The maximum absolute atomic E-state index is 14.0. The van der Waals surface area contributed by atoms with Crippen LogP contribution in [-0.2, 0) is 19.1 Å². The lowest BCUT2D eigenvalue weighted by Gasteiger charge is -2.46. The summed E-state index contributed by atoms with van der Waals surface area (Å²) in [6.07, 6.45) is 9.47. The Morgan fingerprint density at radius 2 is 1.94 bits per heavy atom. The van der Waals surface area contributed by atoms with Gasteiger partial charge in [-0.15, -0.1) is 0 Å². The van der Waals surface area contributed by atoms with E-state index in [4.69, 9.17) is 9.47 Å². The summed E-state index contributed by atoms with van der Waals surface area (Å²) >= 11 is 0. The van der Waals surface area contributed by atoms with Crippen molar-refractivity contribution < 1.29 is 24.2 Å². The molecular formula is C28H44O5. The molecule has 3 aliphatic carbocycles. The van der Waals surface area contributed by atoms with Crippen molar-refractivity contribution in [3.8, 4) is 0 Å². The van der Waals surface area contributed by atoms with E-state index in [0.29, 0.717) is 31.1 Å². The first-order chi connectivity index (χ1) is 15.5. The Labute approximate surface area is 199 Å². The predicted molar refractivity (Wildman–Crippen MR) is 127 cm³/mol. The molecule has 4 aliphatic rings. The summed E-state index contributed by atoms with van der Waals surface area (Å²) in [6.45, 7) is 12.7. The van der Waals surface area contributed by atoms with Gasteiger partial charge in [-0.1, -0.05) is 47.0 Å². The van der Waals surface area contributed by atoms with Crippen LogP contribution in [0.4, 0.5) is 0 Å². The van der Waals surface area contributed by atoms with Crippen molar-refractivity contribution in [2.24, 2.45) is 34.5 Å². The zero-order valence-corrected chi connectivity index (χ0v) is 21.5. The van der Waals surface area contributed by atoms with E-state index in [1.807, 2.05) is 0 Å². The number of epoxide rings is 1. The lowest BCUT2D eigenvalue weighted by atomic mass is 9.56. The molecule has 0 aromatic rings. The molecule has 0 amide bonds. The third kappa shape index (κ3) is 4.01. The summed E-state index contributed by atoms with van der Waals surface area (Å²) in [7, 11) is 0. The van der Waals surface area contributed by atoms with E-state index in [-0.39, 0.29) is 41.9 Å². The summed E-state index contributed by atoms with van der Waals surface area (Å²) < 4.78 is 11.7. The Morgan fingerprint density at radius 1 is 1.21 bits per heavy atom. The van der Waals surface area contributed by atoms with E-state index in [1.165, 1.54) is 26.2 Å². The van der Waals surface area contributed by atoms with Crippen LogP contribution in [0, 0.1) is 34.5 Å². The third-order valence-corrected chi connectivity index (χ3v) is 9.85. The fraction of sp³-hybridized carbons (Fsp3) is 0.857. The number of rotatable bonds is 8. The summed E-state index contributed by atoms with van der Waals surface area (Å²) in [6, 6.07) is 0. The molecule has 8 atom stereocenters. The molecule has 3 fully saturated rings. The monoisotopic (exact) mass is 460 g/mol. The van der Waals surface area contributed by atoms with Gasteiger partial charge >= 0.3 is 5.97 Å². The van der Waals surface area contributed by atoms with E-state index in [9.17, 15) is 14.7 Å². The van der Waals surface area contributed by atoms with Crippen molar-refractivity contribution in [1.82, 2.24) is 0 Å². The van der Waals surface area contributed by atoms with Gasteiger partial charge in [-0.25, -0.2) is 0 Å². The van der Waals surface area contributed by atoms with Gasteiger partial charge in [-0.2, -0.15) is 0 Å². The highest BCUT2D eigenvalue weighted by Crippen LogP contribution is 2.65. The summed E-state index contributed by atoms with van der Waals surface area (Å²) in [5, 5.41) is 10.6. The first-order valence-corrected chi connectivity index (χ1v) is 13.2. The van der Waals surface area contributed by atoms with Crippen LogP contribution in [-0.4, -0.2) is 41.3 Å². The number of carbonyl (C=O) groups is 2. The van der Waals surface area contributed by atoms with Gasteiger partial charge in [0, 0.05) is 25.4 Å². The fourth-order valence-corrected chi connectivity index (χ4v) is 7.76. The number of carbonyl (C=O) groups excluding carboxylic acids is 2. The first-order valence-electron chi connectivity index (χ1n) is 13.2. The van der Waals surface area contributed by atoms with Gasteiger partial charge in [0.15, 0.2) is 5.78 Å². The minimum atomic E-state index is -0.574. The zero-order chi connectivity index (χ0) is 24.2. The summed E-state index contributed by atoms with van der Waals surface area (Å²) in [4.78, 5) is 25.5. The van der Waals surface area contributed by atoms with Gasteiger partial charge in [-0.3, -0.25) is 9.59 Å². The van der Waals surface area contributed by atoms with Crippen LogP contribution in [0.25, 0.3) is 0 Å². The Kier molecular flexibility index (Phi) is 6.63. The number of aliphatic hydroxyl groups excluding tert-OH is 1. The standard InChI is InChI=1S/C28H44O5/c1-17(2)8-7-9-18(3)22-10-11-23(26(22,5)16-29)21-14-24-28(33-24)15-20(32-19(4)30)12-13-27(28,6)25(21)31/h14,17-18,20,22-24,29H,7-13,15-16H2,1-6H3. The Balaban J connectivity index is 1.54. The van der Waals surface area contributed by atoms with Gasteiger partial charge in [0.25, 0.3) is 0 Å². The fourth-order valence-electron chi connectivity index (χ4n) is 7.76. The molecule has 1 heterocycles. The van der Waals surface area contributed by atoms with Crippen molar-refractivity contribution in [2.75, 3.05) is 6.61 Å². The van der Waals surface area contributed by atoms with Crippen LogP contribution in [0.3, 0.4) is 0 Å². The molecule has 4 rings (SSSR count). The van der Waals surface area contributed by atoms with E-state index in [0.717, 1.165) is 24.3 Å². The Morgan fingerprint density at radius 3 is 2.58 bits per heavy atom. The summed E-state index contributed by atoms with van der Waals surface area (Å²) in [5.74, 6) is 1.70. The van der Waals surface area contributed by atoms with Gasteiger partial charge in [0.05, 0.1) is 5.41 Å². The second kappa shape index (κ2) is 8.78. The van der Waals surface area contributed by atoms with Crippen LogP contribution in [0.5, 0.6) is 0 Å². The SMILES string of the molecule is CC(=O)OC1CCC2(C)C(=O)C(C3CCC(C(C)CCCC(C)C)C3(C)CO)=CC3OC32C1. The largest absolute Gasteiger partial charge is 0.462 e. The third-order valence-electron chi connectivity index (χ3n) is 9.85. The smallest absolute Gasteiger partial charge is 0.302 e. The van der Waals surface area contributed by atoms with Crippen LogP contribution in [0.1, 0.15) is 92.9 Å². The van der Waals surface area contributed by atoms with Gasteiger partial charge in [0.2, 0.25) is 0 Å². The number of hydrogen-bond acceptors (Lipinski definition) is 5. The second-order valence-corrected chi connectivity index (χ2v) is 12.4. The first kappa shape index (κ1) is 24.9. The minimum Gasteiger partial charge on any atom is -0.462 e. The van der Waals surface area contributed by atoms with Gasteiger partial charge in [0.1, 0.15) is 17.8 Å². The van der Waals surface area contributed by atoms with Crippen LogP contribution >= 0.6 is 0 Å². The number of ketones is 1. The van der Waals surface area contributed by atoms with Crippen LogP contribution in [0.2, 0.25) is 0 Å². The maximum atomic E-state index is 14.0. The quantitative estimate of drug-likeness (QED) is 0.396. The van der Waals surface area contributed by atoms with Crippen LogP contribution in [0.15, 0.2) is 11.6 Å². The Bertz CT molecular complexity index is 817. The molecule has 186 valence electrons. The lowest BCUT2D eigenvalue weighted by Crippen LogP contribution is -2.54. The molecule has 2 saturated carbocycles. The van der Waals surface area contributed by atoms with E-state index >= 15 is 0 Å². The van der Waals surface area contributed by atoms with Gasteiger partial charge in [-0.05, 0) is 67.9 Å². The number of aliphatic hydroxyl groups is 1. The van der Waals surface area contributed by atoms with Crippen molar-refractivity contribution in [2.45, 2.75) is 111 Å². The molecule has 5 nitrogen and oxygen atoms in total. The second-order valence-electron chi connectivity index (χ2n) is 12.4. The van der Waals surface area contributed by atoms with E-state index in [2.05, 4.69) is 40.7 Å². The molecule has 1 spiro atoms. The number of hydrogen-bond donors (Lipinski definition) is 1. The number of Topliss-reactive ketones (excluding diaryl/α,β-unsaturated/α-hetero) is 1. The number of allylic oxidation sites excluding steroid dienone is 1. The minimum absolute atomic E-state index is 0.0813. The van der Waals surface area contributed by atoms with Crippen molar-refractivity contribution in [3.63, 3.8) is 0 Å². The highest BCUT2D eigenvalue weighted by Gasteiger charge is 2.74. The molecule has 5 heteroatoms. The number of esters is 1. The average molecular weight is 461 g/mol. The number of ether oxygens (including phenoxy) is 2. The van der Waals surface area contributed by atoms with E-state index in [1.54, 1.807) is 0 Å². The summed E-state index contributed by atoms with van der Waals surface area (Å²) in [5.41, 5.74) is -0.478. The van der Waals surface area contributed by atoms with Crippen LogP contribution < -0.4 is 0 Å². The predicted octanol–water partition coefficient (Wildman–Crippen LogP) is 5.24. The molecule has 0 aromatic heterocycles. The lowest BCUT2D eigenvalue weighted by molar-refractivity contribution is -0.153. The molecule has 1 N–H and O–H groups in total.